The van der Waals surface area contributed by atoms with Crippen molar-refractivity contribution < 1.29 is 54.5 Å². The highest BCUT2D eigenvalue weighted by atomic mass is 16.5. The van der Waals surface area contributed by atoms with E-state index in [9.17, 15) is 45.0 Å². The van der Waals surface area contributed by atoms with E-state index < -0.39 is 34.4 Å². The highest BCUT2D eigenvalue weighted by Crippen LogP contribution is 2.29. The Bertz CT molecular complexity index is 1820. The summed E-state index contributed by atoms with van der Waals surface area (Å²) in [5, 5.41) is 75.9. The van der Waals surface area contributed by atoms with E-state index in [2.05, 4.69) is 0 Å². The number of ether oxygens (including phenoxy) is 2. The number of hydrogen-bond acceptors (Lipinski definition) is 12. The third kappa shape index (κ3) is 10.3. The molecule has 0 saturated heterocycles. The summed E-state index contributed by atoms with van der Waals surface area (Å²) in [6.45, 7) is 0.632. The zero-order valence-corrected chi connectivity index (χ0v) is 27.4. The first-order chi connectivity index (χ1) is 24.5. The first-order valence-electron chi connectivity index (χ1n) is 16.0. The number of esters is 1. The number of carbonyl (C=O) groups excluding carboxylic acids is 1. The van der Waals surface area contributed by atoms with E-state index >= 15 is 0 Å². The molecule has 12 nitrogen and oxygen atoms in total. The van der Waals surface area contributed by atoms with Crippen molar-refractivity contribution in [2.24, 2.45) is 0 Å². The quantitative estimate of drug-likeness (QED) is 0.0471. The van der Waals surface area contributed by atoms with Gasteiger partial charge in [0, 0.05) is 18.8 Å². The SMILES string of the molecule is O=C(OCc1ccc(B(O)O)cc1)c1cc(N(Cc2ccc(B(O)O)cc2)Cc2ccc(B(O)O)cc2)ccc1OCc1ccc(B(O)O)cc1. The molecule has 0 aromatic heterocycles. The summed E-state index contributed by atoms with van der Waals surface area (Å²) >= 11 is 0. The molecular weight excluding hydrogens is 654 g/mol. The summed E-state index contributed by atoms with van der Waals surface area (Å²) < 4.78 is 11.8. The van der Waals surface area contributed by atoms with Crippen LogP contribution in [0.15, 0.2) is 115 Å². The molecule has 51 heavy (non-hydrogen) atoms. The Kier molecular flexibility index (Phi) is 12.7. The third-order valence-corrected chi connectivity index (χ3v) is 8.17. The Morgan fingerprint density at radius 3 is 1.25 bits per heavy atom. The van der Waals surface area contributed by atoms with Crippen molar-refractivity contribution >= 4 is 62.0 Å². The van der Waals surface area contributed by atoms with E-state index in [1.165, 1.54) is 12.1 Å². The van der Waals surface area contributed by atoms with Gasteiger partial charge in [-0.15, -0.1) is 0 Å². The van der Waals surface area contributed by atoms with E-state index in [0.29, 0.717) is 51.8 Å². The normalized spacial score (nSPS) is 10.7. The van der Waals surface area contributed by atoms with Crippen molar-refractivity contribution in [2.75, 3.05) is 4.90 Å². The van der Waals surface area contributed by atoms with Gasteiger partial charge in [-0.3, -0.25) is 0 Å². The van der Waals surface area contributed by atoms with Crippen molar-refractivity contribution in [2.45, 2.75) is 26.3 Å². The van der Waals surface area contributed by atoms with Gasteiger partial charge in [0.05, 0.1) is 0 Å². The molecular formula is C35H35B4NO11. The molecule has 0 aliphatic heterocycles. The van der Waals surface area contributed by atoms with E-state index in [0.717, 1.165) is 11.1 Å². The molecule has 0 fully saturated rings. The second kappa shape index (κ2) is 17.4. The van der Waals surface area contributed by atoms with E-state index in [1.54, 1.807) is 103 Å². The monoisotopic (exact) mass is 689 g/mol. The van der Waals surface area contributed by atoms with Crippen LogP contribution in [0.4, 0.5) is 5.69 Å². The van der Waals surface area contributed by atoms with Crippen LogP contribution in [-0.4, -0.2) is 74.6 Å². The molecule has 8 N–H and O–H groups in total. The Labute approximate surface area is 296 Å². The Hall–Kier alpha value is -4.89. The van der Waals surface area contributed by atoms with Gasteiger partial charge in [0.2, 0.25) is 0 Å². The minimum atomic E-state index is -1.63. The molecule has 5 rings (SSSR count). The summed E-state index contributed by atoms with van der Waals surface area (Å²) in [7, 11) is -6.47. The van der Waals surface area contributed by atoms with Gasteiger partial charge in [-0.25, -0.2) is 4.79 Å². The van der Waals surface area contributed by atoms with Crippen molar-refractivity contribution in [1.29, 1.82) is 0 Å². The van der Waals surface area contributed by atoms with Crippen LogP contribution >= 0.6 is 0 Å². The largest absolute Gasteiger partial charge is 0.488 e. The predicted octanol–water partition coefficient (Wildman–Crippen LogP) is -1.45. The van der Waals surface area contributed by atoms with Gasteiger partial charge in [-0.2, -0.15) is 0 Å². The lowest BCUT2D eigenvalue weighted by atomic mass is 9.80. The van der Waals surface area contributed by atoms with Gasteiger partial charge in [-0.05, 0) is 62.3 Å². The van der Waals surface area contributed by atoms with Crippen LogP contribution in [0.1, 0.15) is 32.6 Å². The highest BCUT2D eigenvalue weighted by Gasteiger charge is 2.21. The van der Waals surface area contributed by atoms with E-state index in [-0.39, 0.29) is 24.5 Å². The molecule has 0 aliphatic carbocycles. The van der Waals surface area contributed by atoms with Crippen LogP contribution in [0.5, 0.6) is 5.75 Å². The van der Waals surface area contributed by atoms with Gasteiger partial charge in [0.1, 0.15) is 24.5 Å². The molecule has 5 aromatic rings. The second-order valence-electron chi connectivity index (χ2n) is 11.9. The molecule has 0 radical (unpaired) electrons. The summed E-state index contributed by atoms with van der Waals surface area (Å²) in [6.07, 6.45) is 0. The van der Waals surface area contributed by atoms with Crippen LogP contribution in [0.3, 0.4) is 0 Å². The molecule has 0 aliphatic rings. The number of benzene rings is 5. The number of carbonyl (C=O) groups is 1. The first kappa shape index (κ1) is 37.4. The molecule has 16 heteroatoms. The van der Waals surface area contributed by atoms with Crippen molar-refractivity contribution in [1.82, 2.24) is 0 Å². The molecule has 0 bridgehead atoms. The summed E-state index contributed by atoms with van der Waals surface area (Å²) in [4.78, 5) is 15.7. The fraction of sp³-hybridized carbons (Fsp3) is 0.114. The predicted molar refractivity (Wildman–Crippen MR) is 195 cm³/mol. The van der Waals surface area contributed by atoms with Gasteiger partial charge in [-0.1, -0.05) is 97.1 Å². The zero-order chi connectivity index (χ0) is 36.5. The van der Waals surface area contributed by atoms with Gasteiger partial charge < -0.3 is 54.6 Å². The Morgan fingerprint density at radius 2 is 0.863 bits per heavy atom. The average Bonchev–Trinajstić information content (AvgIpc) is 3.13. The number of nitrogens with zero attached hydrogens (tertiary/aromatic N) is 1. The van der Waals surface area contributed by atoms with Crippen LogP contribution in [0.25, 0.3) is 0 Å². The standard InChI is InChI=1S/C35H35B4NO11/c41-35(51-23-27-7-15-31(16-8-27)39(48)49)33-19-32(17-18-34(33)50-22-26-5-13-30(14-6-26)38(46)47)40(20-24-1-9-28(10-2-24)36(42)43)21-25-3-11-29(12-4-25)37(44)45/h1-19,42-49H,20-23H2. The summed E-state index contributed by atoms with van der Waals surface area (Å²) in [5.74, 6) is -0.448. The van der Waals surface area contributed by atoms with E-state index in [1.807, 2.05) is 4.90 Å². The van der Waals surface area contributed by atoms with Gasteiger partial charge >= 0.3 is 34.4 Å². The number of rotatable bonds is 15. The number of hydrogen-bond donors (Lipinski definition) is 8. The van der Waals surface area contributed by atoms with Crippen LogP contribution in [0, 0.1) is 0 Å². The second-order valence-corrected chi connectivity index (χ2v) is 11.9. The minimum Gasteiger partial charge on any atom is -0.488 e. The molecule has 258 valence electrons. The Morgan fingerprint density at radius 1 is 0.490 bits per heavy atom. The minimum absolute atomic E-state index is 0.0577. The van der Waals surface area contributed by atoms with Crippen molar-refractivity contribution in [3.05, 3.63) is 143 Å². The molecule has 0 saturated carbocycles. The molecule has 0 spiro atoms. The topological polar surface area (TPSA) is 201 Å². The average molecular weight is 689 g/mol. The maximum absolute atomic E-state index is 13.7. The van der Waals surface area contributed by atoms with Gasteiger partial charge in [0.15, 0.2) is 0 Å². The van der Waals surface area contributed by atoms with Gasteiger partial charge in [0.25, 0.3) is 0 Å². The highest BCUT2D eigenvalue weighted by molar-refractivity contribution is 6.59. The lowest BCUT2D eigenvalue weighted by molar-refractivity contribution is 0.0467. The van der Waals surface area contributed by atoms with Crippen LogP contribution in [-0.2, 0) is 31.0 Å². The smallest absolute Gasteiger partial charge is 0.488 e. The first-order valence-corrected chi connectivity index (χ1v) is 16.0. The van der Waals surface area contributed by atoms with Crippen molar-refractivity contribution in [3.63, 3.8) is 0 Å². The molecule has 0 atom stereocenters. The molecule has 0 unspecified atom stereocenters. The van der Waals surface area contributed by atoms with Crippen LogP contribution < -0.4 is 31.5 Å². The maximum Gasteiger partial charge on any atom is 0.488 e. The van der Waals surface area contributed by atoms with Crippen molar-refractivity contribution in [3.8, 4) is 5.75 Å². The lowest BCUT2D eigenvalue weighted by Gasteiger charge is -2.26. The fourth-order valence-electron chi connectivity index (χ4n) is 5.23. The molecule has 5 aromatic carbocycles. The van der Waals surface area contributed by atoms with Crippen LogP contribution in [0.2, 0.25) is 0 Å². The Balaban J connectivity index is 1.46. The lowest BCUT2D eigenvalue weighted by Crippen LogP contribution is -2.30. The molecule has 0 heterocycles. The maximum atomic E-state index is 13.7. The summed E-state index contributed by atoms with van der Waals surface area (Å²) in [5.41, 5.74) is 5.01. The molecule has 0 amide bonds. The number of anilines is 1. The zero-order valence-electron chi connectivity index (χ0n) is 27.4. The third-order valence-electron chi connectivity index (χ3n) is 8.17. The fourth-order valence-corrected chi connectivity index (χ4v) is 5.23. The summed E-state index contributed by atoms with van der Waals surface area (Å²) in [6, 6.07) is 31.3. The van der Waals surface area contributed by atoms with E-state index in [4.69, 9.17) is 9.47 Å².